The molecule has 0 radical (unpaired) electrons. The third-order valence-corrected chi connectivity index (χ3v) is 3.97. The molecule has 2 aromatic heterocycles. The number of aromatic amines is 1. The number of halogens is 1. The smallest absolute Gasteiger partial charge is 0.116 e. The highest BCUT2D eigenvalue weighted by molar-refractivity contribution is 8.00. The van der Waals surface area contributed by atoms with Crippen molar-refractivity contribution in [2.45, 2.75) is 11.6 Å². The molecule has 7 heteroatoms. The summed E-state index contributed by atoms with van der Waals surface area (Å²) < 4.78 is 17.4. The summed E-state index contributed by atoms with van der Waals surface area (Å²) in [6, 6.07) is 7.85. The van der Waals surface area contributed by atoms with E-state index in [1.807, 2.05) is 18.2 Å². The summed E-state index contributed by atoms with van der Waals surface area (Å²) in [6.45, 7) is -0.142. The second-order valence-corrected chi connectivity index (χ2v) is 5.19. The maximum Gasteiger partial charge on any atom is 0.116 e. The summed E-state index contributed by atoms with van der Waals surface area (Å²) in [5.74, 6) is 0. The zero-order chi connectivity index (χ0) is 14.7. The Morgan fingerprint density at radius 1 is 1.48 bits per heavy atom. The fraction of sp³-hybridized carbons (Fsp3) is 0.143. The van der Waals surface area contributed by atoms with Gasteiger partial charge in [0.15, 0.2) is 0 Å². The molecule has 0 unspecified atom stereocenters. The van der Waals surface area contributed by atoms with E-state index in [1.54, 1.807) is 23.3 Å². The van der Waals surface area contributed by atoms with Crippen LogP contribution in [0.5, 0.6) is 0 Å². The molecule has 0 aliphatic carbocycles. The van der Waals surface area contributed by atoms with Crippen LogP contribution in [0.15, 0.2) is 41.9 Å². The molecule has 0 spiro atoms. The van der Waals surface area contributed by atoms with Crippen molar-refractivity contribution in [3.63, 3.8) is 0 Å². The van der Waals surface area contributed by atoms with Crippen LogP contribution in [-0.2, 0) is 6.54 Å². The van der Waals surface area contributed by atoms with Crippen LogP contribution in [0.4, 0.5) is 10.1 Å². The third-order valence-electron chi connectivity index (χ3n) is 3.10. The average Bonchev–Trinajstić information content (AvgIpc) is 3.12. The molecule has 0 aliphatic rings. The number of nitrogens with one attached hydrogen (secondary N) is 2. The molecule has 0 saturated carbocycles. The number of hydrogen-bond acceptors (Lipinski definition) is 4. The minimum atomic E-state index is -0.429. The lowest BCUT2D eigenvalue weighted by atomic mass is 10.2. The van der Waals surface area contributed by atoms with Crippen molar-refractivity contribution >= 4 is 28.5 Å². The SMILES string of the molecule is N#Cc1c[nH]c2c(NSc3cncn3CCF)cccc12. The summed E-state index contributed by atoms with van der Waals surface area (Å²) in [4.78, 5) is 7.11. The standard InChI is InChI=1S/C14H12FN5S/c15-4-5-20-9-17-8-13(20)21-19-12-3-1-2-11-10(6-16)7-18-14(11)12/h1-3,7-9,18-19H,4-5H2. The van der Waals surface area contributed by atoms with E-state index < -0.39 is 6.67 Å². The quantitative estimate of drug-likeness (QED) is 0.709. The van der Waals surface area contributed by atoms with E-state index in [0.29, 0.717) is 5.56 Å². The zero-order valence-electron chi connectivity index (χ0n) is 11.0. The first-order valence-corrected chi connectivity index (χ1v) is 7.14. The molecule has 3 aromatic rings. The first-order valence-electron chi connectivity index (χ1n) is 6.32. The Hall–Kier alpha value is -2.46. The number of fused-ring (bicyclic) bond motifs is 1. The van der Waals surface area contributed by atoms with Gasteiger partial charge in [0.1, 0.15) is 17.8 Å². The van der Waals surface area contributed by atoms with E-state index in [1.165, 1.54) is 11.9 Å². The maximum atomic E-state index is 12.4. The van der Waals surface area contributed by atoms with Crippen LogP contribution in [0.2, 0.25) is 0 Å². The molecule has 2 heterocycles. The number of imidazole rings is 1. The minimum absolute atomic E-state index is 0.287. The van der Waals surface area contributed by atoms with Gasteiger partial charge < -0.3 is 14.3 Å². The number of aryl methyl sites for hydroxylation is 1. The number of benzene rings is 1. The Morgan fingerprint density at radius 2 is 2.38 bits per heavy atom. The molecule has 0 fully saturated rings. The molecule has 0 aliphatic heterocycles. The lowest BCUT2D eigenvalue weighted by Crippen LogP contribution is -2.00. The van der Waals surface area contributed by atoms with Crippen LogP contribution in [-0.4, -0.2) is 21.2 Å². The van der Waals surface area contributed by atoms with Gasteiger partial charge in [0.05, 0.1) is 35.8 Å². The van der Waals surface area contributed by atoms with Gasteiger partial charge in [-0.15, -0.1) is 0 Å². The zero-order valence-corrected chi connectivity index (χ0v) is 11.8. The molecule has 1 aromatic carbocycles. The van der Waals surface area contributed by atoms with E-state index in [4.69, 9.17) is 5.26 Å². The number of rotatable bonds is 5. The van der Waals surface area contributed by atoms with E-state index in [-0.39, 0.29) is 6.54 Å². The van der Waals surface area contributed by atoms with Gasteiger partial charge in [-0.1, -0.05) is 12.1 Å². The lowest BCUT2D eigenvalue weighted by molar-refractivity contribution is 0.435. The van der Waals surface area contributed by atoms with E-state index in [9.17, 15) is 4.39 Å². The van der Waals surface area contributed by atoms with Crippen LogP contribution >= 0.6 is 11.9 Å². The molecule has 3 rings (SSSR count). The van der Waals surface area contributed by atoms with Gasteiger partial charge in [-0.3, -0.25) is 0 Å². The van der Waals surface area contributed by atoms with Gasteiger partial charge >= 0.3 is 0 Å². The molecule has 0 amide bonds. The Labute approximate surface area is 124 Å². The number of para-hydroxylation sites is 1. The van der Waals surface area contributed by atoms with Crippen LogP contribution in [0, 0.1) is 11.3 Å². The molecular weight excluding hydrogens is 289 g/mol. The summed E-state index contributed by atoms with van der Waals surface area (Å²) in [7, 11) is 0. The second-order valence-electron chi connectivity index (χ2n) is 4.36. The van der Waals surface area contributed by atoms with Gasteiger partial charge in [-0.25, -0.2) is 9.37 Å². The summed E-state index contributed by atoms with van der Waals surface area (Å²) >= 11 is 1.36. The Bertz CT molecular complexity index is 801. The highest BCUT2D eigenvalue weighted by atomic mass is 32.2. The van der Waals surface area contributed by atoms with Crippen LogP contribution < -0.4 is 4.72 Å². The second kappa shape index (κ2) is 5.89. The molecule has 2 N–H and O–H groups in total. The predicted octanol–water partition coefficient (Wildman–Crippen LogP) is 3.32. The Morgan fingerprint density at radius 3 is 3.19 bits per heavy atom. The fourth-order valence-corrected chi connectivity index (χ4v) is 2.85. The number of hydrogen-bond donors (Lipinski definition) is 2. The van der Waals surface area contributed by atoms with Crippen LogP contribution in [0.25, 0.3) is 10.9 Å². The average molecular weight is 301 g/mol. The molecule has 0 bridgehead atoms. The summed E-state index contributed by atoms with van der Waals surface area (Å²) in [5, 5.41) is 10.8. The Balaban J connectivity index is 1.84. The first-order chi connectivity index (χ1) is 10.3. The van der Waals surface area contributed by atoms with Crippen molar-refractivity contribution in [3.05, 3.63) is 42.5 Å². The number of nitrogens with zero attached hydrogens (tertiary/aromatic N) is 3. The molecule has 21 heavy (non-hydrogen) atoms. The molecule has 0 atom stereocenters. The van der Waals surface area contributed by atoms with E-state index in [2.05, 4.69) is 20.8 Å². The summed E-state index contributed by atoms with van der Waals surface area (Å²) in [5.41, 5.74) is 2.35. The van der Waals surface area contributed by atoms with Gasteiger partial charge in [0, 0.05) is 23.5 Å². The van der Waals surface area contributed by atoms with Crippen molar-refractivity contribution < 1.29 is 4.39 Å². The van der Waals surface area contributed by atoms with Crippen molar-refractivity contribution in [1.82, 2.24) is 14.5 Å². The number of H-pyrrole nitrogens is 1. The third kappa shape index (κ3) is 2.58. The normalized spacial score (nSPS) is 10.7. The minimum Gasteiger partial charge on any atom is -0.358 e. The highest BCUT2D eigenvalue weighted by Gasteiger charge is 2.08. The number of alkyl halides is 1. The van der Waals surface area contributed by atoms with Crippen LogP contribution in [0.1, 0.15) is 5.56 Å². The lowest BCUT2D eigenvalue weighted by Gasteiger charge is -2.08. The predicted molar refractivity (Wildman–Crippen MR) is 80.7 cm³/mol. The molecule has 0 saturated heterocycles. The van der Waals surface area contributed by atoms with Gasteiger partial charge in [-0.05, 0) is 6.07 Å². The topological polar surface area (TPSA) is 69.4 Å². The van der Waals surface area contributed by atoms with Crippen molar-refractivity contribution in [2.75, 3.05) is 11.4 Å². The van der Waals surface area contributed by atoms with Crippen molar-refractivity contribution in [1.29, 1.82) is 5.26 Å². The van der Waals surface area contributed by atoms with Gasteiger partial charge in [0.2, 0.25) is 0 Å². The monoisotopic (exact) mass is 301 g/mol. The molecule has 5 nitrogen and oxygen atoms in total. The first kappa shape index (κ1) is 13.5. The van der Waals surface area contributed by atoms with E-state index in [0.717, 1.165) is 21.6 Å². The largest absolute Gasteiger partial charge is 0.358 e. The maximum absolute atomic E-state index is 12.4. The Kier molecular flexibility index (Phi) is 3.79. The van der Waals surface area contributed by atoms with E-state index >= 15 is 0 Å². The van der Waals surface area contributed by atoms with Gasteiger partial charge in [-0.2, -0.15) is 5.26 Å². The number of aromatic nitrogens is 3. The van der Waals surface area contributed by atoms with Crippen molar-refractivity contribution in [2.24, 2.45) is 0 Å². The molecule has 106 valence electrons. The van der Waals surface area contributed by atoms with Gasteiger partial charge in [0.25, 0.3) is 0 Å². The van der Waals surface area contributed by atoms with Crippen molar-refractivity contribution in [3.8, 4) is 6.07 Å². The summed E-state index contributed by atoms with van der Waals surface area (Å²) in [6.07, 6.45) is 4.98. The molecular formula is C14H12FN5S. The fourth-order valence-electron chi connectivity index (χ4n) is 2.09. The highest BCUT2D eigenvalue weighted by Crippen LogP contribution is 2.28. The number of anilines is 1. The van der Waals surface area contributed by atoms with Crippen LogP contribution in [0.3, 0.4) is 0 Å². The number of nitriles is 1.